The van der Waals surface area contributed by atoms with Gasteiger partial charge in [-0.2, -0.15) is 0 Å². The van der Waals surface area contributed by atoms with Crippen molar-refractivity contribution in [2.45, 2.75) is 0 Å². The van der Waals surface area contributed by atoms with E-state index in [1.54, 1.807) is 18.2 Å². The van der Waals surface area contributed by atoms with Crippen LogP contribution in [0.1, 0.15) is 20.7 Å². The number of halogens is 1. The normalized spacial score (nSPS) is 10.1. The second kappa shape index (κ2) is 5.71. The van der Waals surface area contributed by atoms with Crippen molar-refractivity contribution in [3.8, 4) is 11.3 Å². The Bertz CT molecular complexity index is 667. The van der Waals surface area contributed by atoms with Gasteiger partial charge in [-0.3, -0.25) is 4.98 Å². The van der Waals surface area contributed by atoms with Crippen LogP contribution in [0, 0.1) is 0 Å². The number of methoxy groups -OCH3 is 1. The molecule has 0 spiro atoms. The molecule has 1 aromatic carbocycles. The van der Waals surface area contributed by atoms with Crippen LogP contribution in [-0.4, -0.2) is 29.1 Å². The summed E-state index contributed by atoms with van der Waals surface area (Å²) in [6.07, 6.45) is 1.26. The molecule has 1 heterocycles. The highest BCUT2D eigenvalue weighted by atomic mass is 35.5. The maximum absolute atomic E-state index is 11.4. The Hall–Kier alpha value is -2.40. The molecule has 0 aliphatic rings. The van der Waals surface area contributed by atoms with E-state index in [0.29, 0.717) is 11.3 Å². The Morgan fingerprint density at radius 1 is 1.25 bits per heavy atom. The number of carboxylic acid groups (broad SMARTS) is 1. The predicted octanol–water partition coefficient (Wildman–Crippen LogP) is 2.89. The first kappa shape index (κ1) is 14.0. The van der Waals surface area contributed by atoms with Gasteiger partial charge in [0.25, 0.3) is 0 Å². The molecule has 0 bridgehead atoms. The first-order chi connectivity index (χ1) is 9.52. The molecular weight excluding hydrogens is 282 g/mol. The molecule has 0 aliphatic carbocycles. The molecule has 0 radical (unpaired) electrons. The van der Waals surface area contributed by atoms with Crippen molar-refractivity contribution < 1.29 is 19.4 Å². The molecule has 6 heteroatoms. The molecule has 0 fully saturated rings. The summed E-state index contributed by atoms with van der Waals surface area (Å²) >= 11 is 6.01. The van der Waals surface area contributed by atoms with E-state index in [-0.39, 0.29) is 16.1 Å². The molecule has 0 unspecified atom stereocenters. The number of carbonyl (C=O) groups excluding carboxylic acids is 1. The Kier molecular flexibility index (Phi) is 4.00. The number of aromatic carboxylic acids is 1. The lowest BCUT2D eigenvalue weighted by molar-refractivity contribution is 0.0600. The van der Waals surface area contributed by atoms with Crippen molar-refractivity contribution in [2.24, 2.45) is 0 Å². The van der Waals surface area contributed by atoms with Crippen LogP contribution in [0.2, 0.25) is 5.02 Å². The van der Waals surface area contributed by atoms with Crippen molar-refractivity contribution >= 4 is 23.5 Å². The van der Waals surface area contributed by atoms with Crippen molar-refractivity contribution in [3.05, 3.63) is 52.7 Å². The van der Waals surface area contributed by atoms with Gasteiger partial charge in [-0.25, -0.2) is 9.59 Å². The van der Waals surface area contributed by atoms with Gasteiger partial charge in [0.1, 0.15) is 0 Å². The number of rotatable bonds is 3. The van der Waals surface area contributed by atoms with Gasteiger partial charge in [-0.15, -0.1) is 0 Å². The van der Waals surface area contributed by atoms with E-state index in [4.69, 9.17) is 16.7 Å². The smallest absolute Gasteiger partial charge is 0.339 e. The number of esters is 1. The number of ether oxygens (including phenoxy) is 1. The average molecular weight is 292 g/mol. The standard InChI is InChI=1S/C14H10ClNO4/c1-20-14(19)10-4-2-8(6-11(10)15)12-5-3-9(7-16-12)13(17)18/h2-7H,1H3,(H,17,18). The molecule has 2 rings (SSSR count). The molecule has 0 atom stereocenters. The van der Waals surface area contributed by atoms with E-state index in [0.717, 1.165) is 0 Å². The zero-order valence-electron chi connectivity index (χ0n) is 10.5. The predicted molar refractivity (Wildman–Crippen MR) is 73.0 cm³/mol. The van der Waals surface area contributed by atoms with Crippen LogP contribution in [0.15, 0.2) is 36.5 Å². The zero-order valence-corrected chi connectivity index (χ0v) is 11.2. The summed E-state index contributed by atoms with van der Waals surface area (Å²) in [5, 5.41) is 9.05. The van der Waals surface area contributed by atoms with Gasteiger partial charge in [-0.1, -0.05) is 17.7 Å². The van der Waals surface area contributed by atoms with Crippen LogP contribution in [-0.2, 0) is 4.74 Å². The molecular formula is C14H10ClNO4. The van der Waals surface area contributed by atoms with E-state index in [2.05, 4.69) is 9.72 Å². The van der Waals surface area contributed by atoms with Gasteiger partial charge in [0.2, 0.25) is 0 Å². The molecule has 0 saturated carbocycles. The Balaban J connectivity index is 2.36. The van der Waals surface area contributed by atoms with Crippen LogP contribution >= 0.6 is 11.6 Å². The fourth-order valence-corrected chi connectivity index (χ4v) is 1.90. The highest BCUT2D eigenvalue weighted by Gasteiger charge is 2.12. The highest BCUT2D eigenvalue weighted by molar-refractivity contribution is 6.33. The number of hydrogen-bond acceptors (Lipinski definition) is 4. The van der Waals surface area contributed by atoms with Crippen molar-refractivity contribution in [1.29, 1.82) is 0 Å². The fourth-order valence-electron chi connectivity index (χ4n) is 1.64. The summed E-state index contributed by atoms with van der Waals surface area (Å²) in [6.45, 7) is 0. The quantitative estimate of drug-likeness (QED) is 0.880. The molecule has 1 N–H and O–H groups in total. The SMILES string of the molecule is COC(=O)c1ccc(-c2ccc(C(=O)O)cn2)cc1Cl. The molecule has 102 valence electrons. The third kappa shape index (κ3) is 2.78. The molecule has 2 aromatic rings. The van der Waals surface area contributed by atoms with Gasteiger partial charge in [-0.05, 0) is 24.3 Å². The summed E-state index contributed by atoms with van der Waals surface area (Å²) in [7, 11) is 1.28. The Labute approximate surface area is 119 Å². The van der Waals surface area contributed by atoms with Gasteiger partial charge in [0.15, 0.2) is 0 Å². The van der Waals surface area contributed by atoms with Crippen LogP contribution in [0.5, 0.6) is 0 Å². The second-order valence-corrected chi connectivity index (χ2v) is 4.33. The minimum absolute atomic E-state index is 0.103. The molecule has 0 aliphatic heterocycles. The number of benzene rings is 1. The number of carbonyl (C=O) groups is 2. The number of pyridine rings is 1. The van der Waals surface area contributed by atoms with Crippen LogP contribution in [0.4, 0.5) is 0 Å². The summed E-state index contributed by atoms with van der Waals surface area (Å²) in [5.41, 5.74) is 1.61. The maximum Gasteiger partial charge on any atom is 0.339 e. The number of hydrogen-bond donors (Lipinski definition) is 1. The molecule has 0 saturated heterocycles. The molecule has 20 heavy (non-hydrogen) atoms. The van der Waals surface area contributed by atoms with Gasteiger partial charge in [0, 0.05) is 11.8 Å². The summed E-state index contributed by atoms with van der Waals surface area (Å²) in [4.78, 5) is 26.2. The van der Waals surface area contributed by atoms with Crippen LogP contribution in [0.25, 0.3) is 11.3 Å². The lowest BCUT2D eigenvalue weighted by atomic mass is 10.1. The number of carboxylic acids is 1. The summed E-state index contributed by atoms with van der Waals surface area (Å²) in [5.74, 6) is -1.56. The van der Waals surface area contributed by atoms with Gasteiger partial charge >= 0.3 is 11.9 Å². The first-order valence-electron chi connectivity index (χ1n) is 5.60. The maximum atomic E-state index is 11.4. The molecule has 0 amide bonds. The van der Waals surface area contributed by atoms with E-state index in [1.807, 2.05) is 0 Å². The van der Waals surface area contributed by atoms with Crippen LogP contribution < -0.4 is 0 Å². The monoisotopic (exact) mass is 291 g/mol. The fraction of sp³-hybridized carbons (Fsp3) is 0.0714. The zero-order chi connectivity index (χ0) is 14.7. The third-order valence-corrected chi connectivity index (χ3v) is 2.99. The highest BCUT2D eigenvalue weighted by Crippen LogP contribution is 2.25. The minimum atomic E-state index is -1.04. The molecule has 5 nitrogen and oxygen atoms in total. The average Bonchev–Trinajstić information content (AvgIpc) is 2.46. The van der Waals surface area contributed by atoms with Crippen molar-refractivity contribution in [1.82, 2.24) is 4.98 Å². The Morgan fingerprint density at radius 3 is 2.50 bits per heavy atom. The number of nitrogens with zero attached hydrogens (tertiary/aromatic N) is 1. The minimum Gasteiger partial charge on any atom is -0.478 e. The van der Waals surface area contributed by atoms with E-state index >= 15 is 0 Å². The topological polar surface area (TPSA) is 76.5 Å². The Morgan fingerprint density at radius 2 is 2.00 bits per heavy atom. The van der Waals surface area contributed by atoms with Crippen molar-refractivity contribution in [2.75, 3.05) is 7.11 Å². The number of aromatic nitrogens is 1. The largest absolute Gasteiger partial charge is 0.478 e. The lowest BCUT2D eigenvalue weighted by Crippen LogP contribution is -2.02. The summed E-state index contributed by atoms with van der Waals surface area (Å²) < 4.78 is 4.60. The summed E-state index contributed by atoms with van der Waals surface area (Å²) in [6, 6.07) is 7.81. The van der Waals surface area contributed by atoms with E-state index < -0.39 is 11.9 Å². The molecule has 1 aromatic heterocycles. The van der Waals surface area contributed by atoms with Gasteiger partial charge in [0.05, 0.1) is 29.0 Å². The second-order valence-electron chi connectivity index (χ2n) is 3.92. The third-order valence-electron chi connectivity index (χ3n) is 2.68. The van der Waals surface area contributed by atoms with Crippen molar-refractivity contribution in [3.63, 3.8) is 0 Å². The van der Waals surface area contributed by atoms with Crippen LogP contribution in [0.3, 0.4) is 0 Å². The van der Waals surface area contributed by atoms with Gasteiger partial charge < -0.3 is 9.84 Å². The lowest BCUT2D eigenvalue weighted by Gasteiger charge is -2.05. The first-order valence-corrected chi connectivity index (χ1v) is 5.98. The van der Waals surface area contributed by atoms with E-state index in [1.165, 1.54) is 25.4 Å². The van der Waals surface area contributed by atoms with E-state index in [9.17, 15) is 9.59 Å².